The molecule has 5 rings (SSSR count). The predicted molar refractivity (Wildman–Crippen MR) is 181 cm³/mol. The Balaban J connectivity index is 1.73. The van der Waals surface area contributed by atoms with Gasteiger partial charge < -0.3 is 24.7 Å². The van der Waals surface area contributed by atoms with Gasteiger partial charge in [-0.2, -0.15) is 0 Å². The Hall–Kier alpha value is -5.45. The molecule has 0 spiro atoms. The van der Waals surface area contributed by atoms with E-state index in [1.165, 1.54) is 0 Å². The van der Waals surface area contributed by atoms with Crippen LogP contribution in [0.5, 0.6) is 0 Å². The first-order valence-electron chi connectivity index (χ1n) is 16.2. The second kappa shape index (κ2) is 18.9. The number of aromatic nitrogens is 2. The smallest absolute Gasteiger partial charge is 0.294 e. The maximum Gasteiger partial charge on any atom is 0.294 e. The molecule has 2 N–H and O–H groups in total. The Bertz CT molecular complexity index is 1680. The molecule has 0 fully saturated rings. The van der Waals surface area contributed by atoms with Crippen LogP contribution < -0.4 is 5.73 Å². The number of hydrogen-bond donors (Lipinski definition) is 1. The van der Waals surface area contributed by atoms with Crippen molar-refractivity contribution in [3.05, 3.63) is 96.6 Å². The number of amidine groups is 1. The summed E-state index contributed by atoms with van der Waals surface area (Å²) in [6.07, 6.45) is 3.70. The number of halogens is 1. The molecule has 0 radical (unpaired) electrons. The maximum absolute atomic E-state index is 13.3. The zero-order valence-corrected chi connectivity index (χ0v) is 28.3. The van der Waals surface area contributed by atoms with Gasteiger partial charge in [-0.05, 0) is 59.1 Å². The van der Waals surface area contributed by atoms with Crippen LogP contribution in [0.15, 0.2) is 58.8 Å². The van der Waals surface area contributed by atoms with Crippen molar-refractivity contribution in [1.82, 2.24) is 14.7 Å². The van der Waals surface area contributed by atoms with Gasteiger partial charge in [0.1, 0.15) is 12.4 Å². The summed E-state index contributed by atoms with van der Waals surface area (Å²) in [4.78, 5) is 53.4. The molecule has 2 bridgehead atoms. The van der Waals surface area contributed by atoms with Gasteiger partial charge in [0, 0.05) is 31.4 Å². The first-order chi connectivity index (χ1) is 24.2. The summed E-state index contributed by atoms with van der Waals surface area (Å²) in [7, 11) is 0. The van der Waals surface area contributed by atoms with E-state index in [2.05, 4.69) is 31.8 Å². The summed E-state index contributed by atoms with van der Waals surface area (Å²) in [5.41, 5.74) is 10.2. The number of hydrazone groups is 1. The number of fused-ring (bicyclic) bond motifs is 7. The lowest BCUT2D eigenvalue weighted by molar-refractivity contribution is -0.757. The van der Waals surface area contributed by atoms with E-state index in [-0.39, 0.29) is 62.4 Å². The normalized spacial score (nSPS) is 14.2. The van der Waals surface area contributed by atoms with Crippen LogP contribution in [0.4, 0.5) is 0 Å². The third kappa shape index (κ3) is 11.0. The van der Waals surface area contributed by atoms with Crippen molar-refractivity contribution in [3.63, 3.8) is 0 Å². The van der Waals surface area contributed by atoms with Gasteiger partial charge in [-0.25, -0.2) is 9.92 Å². The first-order valence-corrected chi connectivity index (χ1v) is 16.5. The average Bonchev–Trinajstić information content (AvgIpc) is 3.39. The number of ether oxygens (including phenoxy) is 1. The Morgan fingerprint density at radius 3 is 2.32 bits per heavy atom. The summed E-state index contributed by atoms with van der Waals surface area (Å²) < 4.78 is 8.12. The second-order valence-corrected chi connectivity index (χ2v) is 11.6. The van der Waals surface area contributed by atoms with Crippen LogP contribution in [-0.2, 0) is 43.7 Å². The van der Waals surface area contributed by atoms with E-state index >= 15 is 0 Å². The SMILES string of the molecule is CCCCc1nc(Cl)c2n1Cc1ccc(cc1)-c1ccccc1/C(N)=N/N(C(=O)CCCCO[N+](=O)[O-])ON=C(CCCCO[N+](=O)[O-])OC2. The van der Waals surface area contributed by atoms with Crippen LogP contribution in [0.2, 0.25) is 5.15 Å². The van der Waals surface area contributed by atoms with Gasteiger partial charge in [-0.3, -0.25) is 4.79 Å². The van der Waals surface area contributed by atoms with Crippen LogP contribution in [0.3, 0.4) is 0 Å². The lowest BCUT2D eigenvalue weighted by Gasteiger charge is -2.16. The Labute approximate surface area is 292 Å². The van der Waals surface area contributed by atoms with Crippen LogP contribution in [0, 0.1) is 20.2 Å². The van der Waals surface area contributed by atoms with Crippen molar-refractivity contribution in [2.45, 2.75) is 77.9 Å². The molecule has 2 aromatic carbocycles. The van der Waals surface area contributed by atoms with E-state index in [0.29, 0.717) is 42.2 Å². The molecule has 3 heterocycles. The van der Waals surface area contributed by atoms with E-state index in [1.807, 2.05) is 41.0 Å². The monoisotopic (exact) mass is 714 g/mol. The zero-order valence-electron chi connectivity index (χ0n) is 27.6. The molecule has 2 aliphatic heterocycles. The molecule has 2 aliphatic rings. The largest absolute Gasteiger partial charge is 0.472 e. The second-order valence-electron chi connectivity index (χ2n) is 11.2. The summed E-state index contributed by atoms with van der Waals surface area (Å²) in [6.45, 7) is 2.19. The number of hydroxylamine groups is 1. The number of rotatable bonds is 15. The number of nitrogens with two attached hydrogens (primary N) is 1. The highest BCUT2D eigenvalue weighted by atomic mass is 35.5. The quantitative estimate of drug-likeness (QED) is 0.117. The van der Waals surface area contributed by atoms with E-state index in [9.17, 15) is 25.0 Å². The summed E-state index contributed by atoms with van der Waals surface area (Å²) in [5, 5.41) is 28.6. The number of amides is 1. The van der Waals surface area contributed by atoms with Gasteiger partial charge in [0.25, 0.3) is 16.1 Å². The third-order valence-corrected chi connectivity index (χ3v) is 7.94. The number of carbonyl (C=O) groups is 1. The van der Waals surface area contributed by atoms with Crippen LogP contribution in [0.1, 0.15) is 80.9 Å². The standard InChI is InChI=1S/C32H39ClN8O9/c1-2-3-12-28-35-31(33)27-22-47-29(13-6-8-19-48-40(43)44)37-50-39(30(42)14-7-9-20-49-41(45)46)36-32(34)26-11-5-4-10-25(26)24-17-15-23(16-18-24)21-38(27)28/h4-5,10-11,15-18H,2-3,6-9,12-14,19-22H2,1H3,(H2,34,36). The Morgan fingerprint density at radius 1 is 0.960 bits per heavy atom. The number of oxime groups is 1. The number of benzene rings is 2. The number of imidazole rings is 1. The molecule has 0 saturated carbocycles. The lowest BCUT2D eigenvalue weighted by atomic mass is 9.98. The fourth-order valence-corrected chi connectivity index (χ4v) is 5.32. The van der Waals surface area contributed by atoms with Crippen molar-refractivity contribution < 1.29 is 34.3 Å². The van der Waals surface area contributed by atoms with Gasteiger partial charge in [-0.1, -0.05) is 73.5 Å². The molecule has 0 saturated heterocycles. The predicted octanol–water partition coefficient (Wildman–Crippen LogP) is 5.58. The molecule has 1 amide bonds. The van der Waals surface area contributed by atoms with Gasteiger partial charge in [-0.15, -0.1) is 25.3 Å². The lowest BCUT2D eigenvalue weighted by Crippen LogP contribution is -2.29. The first kappa shape index (κ1) is 37.4. The fraction of sp³-hybridized carbons (Fsp3) is 0.438. The fourth-order valence-electron chi connectivity index (χ4n) is 5.07. The zero-order chi connectivity index (χ0) is 35.9. The molecule has 0 atom stereocenters. The van der Waals surface area contributed by atoms with Crippen molar-refractivity contribution in [1.29, 1.82) is 0 Å². The molecule has 17 nitrogen and oxygen atoms in total. The number of hydrogen-bond acceptors (Lipinski definition) is 13. The molecule has 50 heavy (non-hydrogen) atoms. The Morgan fingerprint density at radius 2 is 1.64 bits per heavy atom. The van der Waals surface area contributed by atoms with Crippen LogP contribution in [-0.4, -0.2) is 55.8 Å². The summed E-state index contributed by atoms with van der Waals surface area (Å²) in [6, 6.07) is 15.2. The third-order valence-electron chi connectivity index (χ3n) is 7.64. The number of nitrogens with zero attached hydrogens (tertiary/aromatic N) is 7. The molecule has 268 valence electrons. The van der Waals surface area contributed by atoms with E-state index in [0.717, 1.165) is 35.4 Å². The van der Waals surface area contributed by atoms with Gasteiger partial charge in [0.05, 0.1) is 18.9 Å². The minimum Gasteiger partial charge on any atom is -0.472 e. The molecular weight excluding hydrogens is 676 g/mol. The average molecular weight is 715 g/mol. The molecule has 3 aromatic rings. The van der Waals surface area contributed by atoms with Crippen molar-refractivity contribution in [2.75, 3.05) is 13.2 Å². The molecular formula is C32H39ClN8O9. The van der Waals surface area contributed by atoms with Crippen molar-refractivity contribution >= 4 is 29.2 Å². The number of aryl methyl sites for hydroxylation is 1. The summed E-state index contributed by atoms with van der Waals surface area (Å²) >= 11 is 6.67. The van der Waals surface area contributed by atoms with Gasteiger partial charge >= 0.3 is 0 Å². The molecule has 18 heteroatoms. The molecule has 0 unspecified atom stereocenters. The molecule has 0 aliphatic carbocycles. The van der Waals surface area contributed by atoms with Gasteiger partial charge in [0.15, 0.2) is 11.0 Å². The van der Waals surface area contributed by atoms with Crippen LogP contribution >= 0.6 is 11.6 Å². The molecule has 1 aromatic heterocycles. The van der Waals surface area contributed by atoms with Crippen molar-refractivity contribution in [3.8, 4) is 11.1 Å². The van der Waals surface area contributed by atoms with E-state index in [4.69, 9.17) is 27.0 Å². The minimum absolute atomic E-state index is 0.0389. The number of carbonyl (C=O) groups excluding carboxylic acids is 1. The van der Waals surface area contributed by atoms with Crippen LogP contribution in [0.25, 0.3) is 11.1 Å². The highest BCUT2D eigenvalue weighted by molar-refractivity contribution is 6.30. The minimum atomic E-state index is -0.903. The van der Waals surface area contributed by atoms with E-state index in [1.54, 1.807) is 12.1 Å². The number of unbranched alkanes of at least 4 members (excludes halogenated alkanes) is 3. The Kier molecular flexibility index (Phi) is 14.1. The topological polar surface area (TPSA) is 212 Å². The highest BCUT2D eigenvalue weighted by Crippen LogP contribution is 2.27. The van der Waals surface area contributed by atoms with Gasteiger partial charge in [0.2, 0.25) is 5.90 Å². The summed E-state index contributed by atoms with van der Waals surface area (Å²) in [5.74, 6) is 0.168. The maximum atomic E-state index is 13.3. The highest BCUT2D eigenvalue weighted by Gasteiger charge is 2.21. The van der Waals surface area contributed by atoms with E-state index < -0.39 is 16.1 Å². The van der Waals surface area contributed by atoms with Crippen molar-refractivity contribution in [2.24, 2.45) is 16.0 Å².